The summed E-state index contributed by atoms with van der Waals surface area (Å²) in [4.78, 5) is 0. The highest BCUT2D eigenvalue weighted by Gasteiger charge is 1.98. The molecule has 0 aliphatic rings. The van der Waals surface area contributed by atoms with Gasteiger partial charge < -0.3 is 0 Å². The first-order valence-electron chi connectivity index (χ1n) is 6.83. The maximum absolute atomic E-state index is 4.17. The monoisotopic (exact) mass is 210 g/mol. The lowest BCUT2D eigenvalue weighted by Crippen LogP contribution is -1.89. The lowest BCUT2D eigenvalue weighted by molar-refractivity contribution is 0.546. The van der Waals surface area contributed by atoms with Gasteiger partial charge in [0, 0.05) is 0 Å². The third-order valence-corrected chi connectivity index (χ3v) is 2.95. The third kappa shape index (κ3) is 11.7. The van der Waals surface area contributed by atoms with Gasteiger partial charge in [0.2, 0.25) is 0 Å². The van der Waals surface area contributed by atoms with Crippen LogP contribution in [0.25, 0.3) is 0 Å². The van der Waals surface area contributed by atoms with Crippen molar-refractivity contribution in [1.29, 1.82) is 0 Å². The largest absolute Gasteiger partial charge is 0.0999 e. The lowest BCUT2D eigenvalue weighted by Gasteiger charge is -2.07. The van der Waals surface area contributed by atoms with Crippen molar-refractivity contribution in [2.45, 2.75) is 78.6 Å². The quantitative estimate of drug-likeness (QED) is 0.319. The van der Waals surface area contributed by atoms with Crippen LogP contribution in [-0.4, -0.2) is 0 Å². The summed E-state index contributed by atoms with van der Waals surface area (Å²) >= 11 is 0. The van der Waals surface area contributed by atoms with E-state index in [1.165, 1.54) is 63.4 Å². The Morgan fingerprint density at radius 1 is 0.933 bits per heavy atom. The first-order chi connectivity index (χ1) is 7.16. The molecule has 90 valence electrons. The average molecular weight is 210 g/mol. The Hall–Kier alpha value is -0.260. The molecule has 0 N–H and O–H groups in total. The van der Waals surface area contributed by atoms with Crippen LogP contribution in [0.3, 0.4) is 0 Å². The molecule has 0 aliphatic heterocycles. The van der Waals surface area contributed by atoms with Crippen molar-refractivity contribution in [2.24, 2.45) is 5.92 Å². The molecule has 0 heteroatoms. The van der Waals surface area contributed by atoms with Gasteiger partial charge in [-0.2, -0.15) is 0 Å². The Bertz CT molecular complexity index is 144. The molecule has 0 atom stereocenters. The molecule has 0 unspecified atom stereocenters. The van der Waals surface area contributed by atoms with Crippen molar-refractivity contribution in [3.8, 4) is 0 Å². The molecule has 0 aromatic carbocycles. The molecule has 0 bridgehead atoms. The predicted molar refractivity (Wildman–Crippen MR) is 71.2 cm³/mol. The molecule has 15 heavy (non-hydrogen) atoms. The molecule has 0 saturated heterocycles. The van der Waals surface area contributed by atoms with Gasteiger partial charge in [0.25, 0.3) is 0 Å². The van der Waals surface area contributed by atoms with Crippen molar-refractivity contribution in [3.05, 3.63) is 12.2 Å². The van der Waals surface area contributed by atoms with Crippen LogP contribution < -0.4 is 0 Å². The van der Waals surface area contributed by atoms with E-state index >= 15 is 0 Å². The van der Waals surface area contributed by atoms with E-state index in [0.29, 0.717) is 0 Å². The van der Waals surface area contributed by atoms with E-state index in [1.54, 1.807) is 0 Å². The molecule has 0 rings (SSSR count). The maximum Gasteiger partial charge on any atom is -0.0323 e. The van der Waals surface area contributed by atoms with Crippen molar-refractivity contribution >= 4 is 0 Å². The Balaban J connectivity index is 3.19. The van der Waals surface area contributed by atoms with Crippen LogP contribution in [0.15, 0.2) is 12.2 Å². The third-order valence-electron chi connectivity index (χ3n) is 2.95. The lowest BCUT2D eigenvalue weighted by atomic mass is 9.99. The standard InChI is InChI=1S/C15H30/c1-5-6-7-8-9-12-15(4)13-10-11-14(2)3/h14H,4-13H2,1-3H3. The molecule has 0 amide bonds. The molecule has 0 heterocycles. The van der Waals surface area contributed by atoms with Crippen LogP contribution in [0.2, 0.25) is 0 Å². The van der Waals surface area contributed by atoms with E-state index in [-0.39, 0.29) is 0 Å². The van der Waals surface area contributed by atoms with Gasteiger partial charge in [-0.25, -0.2) is 0 Å². The molecule has 0 fully saturated rings. The summed E-state index contributed by atoms with van der Waals surface area (Å²) in [6, 6.07) is 0. The Kier molecular flexibility index (Phi) is 10.1. The first-order valence-corrected chi connectivity index (χ1v) is 6.83. The van der Waals surface area contributed by atoms with E-state index in [4.69, 9.17) is 0 Å². The summed E-state index contributed by atoms with van der Waals surface area (Å²) in [6.45, 7) is 11.0. The smallest absolute Gasteiger partial charge is 0.0323 e. The van der Waals surface area contributed by atoms with E-state index in [2.05, 4.69) is 27.4 Å². The van der Waals surface area contributed by atoms with E-state index in [9.17, 15) is 0 Å². The second kappa shape index (κ2) is 10.3. The van der Waals surface area contributed by atoms with Gasteiger partial charge in [0.1, 0.15) is 0 Å². The van der Waals surface area contributed by atoms with Gasteiger partial charge in [0.05, 0.1) is 0 Å². The van der Waals surface area contributed by atoms with Crippen molar-refractivity contribution in [3.63, 3.8) is 0 Å². The fourth-order valence-electron chi connectivity index (χ4n) is 1.86. The highest BCUT2D eigenvalue weighted by molar-refractivity contribution is 4.93. The fourth-order valence-corrected chi connectivity index (χ4v) is 1.86. The zero-order valence-corrected chi connectivity index (χ0v) is 11.1. The molecule has 0 aromatic heterocycles. The summed E-state index contributed by atoms with van der Waals surface area (Å²) < 4.78 is 0. The van der Waals surface area contributed by atoms with Crippen molar-refractivity contribution in [2.75, 3.05) is 0 Å². The predicted octanol–water partition coefficient (Wildman–Crippen LogP) is 5.73. The molecule has 0 aromatic rings. The van der Waals surface area contributed by atoms with Gasteiger partial charge in [-0.3, -0.25) is 0 Å². The van der Waals surface area contributed by atoms with E-state index in [0.717, 1.165) is 5.92 Å². The van der Waals surface area contributed by atoms with Crippen LogP contribution in [0.1, 0.15) is 78.6 Å². The second-order valence-electron chi connectivity index (χ2n) is 5.20. The second-order valence-corrected chi connectivity index (χ2v) is 5.20. The molecule has 0 aliphatic carbocycles. The molecule has 0 radical (unpaired) electrons. The minimum Gasteiger partial charge on any atom is -0.0999 e. The summed E-state index contributed by atoms with van der Waals surface area (Å²) in [7, 11) is 0. The van der Waals surface area contributed by atoms with Crippen LogP contribution in [0.4, 0.5) is 0 Å². The Morgan fingerprint density at radius 3 is 2.13 bits per heavy atom. The highest BCUT2D eigenvalue weighted by atomic mass is 14.0. The van der Waals surface area contributed by atoms with Crippen LogP contribution in [-0.2, 0) is 0 Å². The van der Waals surface area contributed by atoms with Gasteiger partial charge in [0.15, 0.2) is 0 Å². The van der Waals surface area contributed by atoms with Gasteiger partial charge in [-0.1, -0.05) is 65.0 Å². The number of allylic oxidation sites excluding steroid dienone is 1. The summed E-state index contributed by atoms with van der Waals surface area (Å²) in [5.41, 5.74) is 1.48. The van der Waals surface area contributed by atoms with Crippen LogP contribution in [0.5, 0.6) is 0 Å². The zero-order valence-electron chi connectivity index (χ0n) is 11.1. The van der Waals surface area contributed by atoms with Crippen molar-refractivity contribution in [1.82, 2.24) is 0 Å². The highest BCUT2D eigenvalue weighted by Crippen LogP contribution is 2.16. The number of hydrogen-bond acceptors (Lipinski definition) is 0. The minimum absolute atomic E-state index is 0.849. The maximum atomic E-state index is 4.17. The average Bonchev–Trinajstić information content (AvgIpc) is 2.17. The van der Waals surface area contributed by atoms with Crippen molar-refractivity contribution < 1.29 is 0 Å². The molecule has 0 saturated carbocycles. The van der Waals surface area contributed by atoms with Crippen LogP contribution >= 0.6 is 0 Å². The zero-order chi connectivity index (χ0) is 11.5. The molecular weight excluding hydrogens is 180 g/mol. The summed E-state index contributed by atoms with van der Waals surface area (Å²) in [6.07, 6.45) is 12.1. The number of hydrogen-bond donors (Lipinski definition) is 0. The SMILES string of the molecule is C=C(CCCCCCC)CCCC(C)C. The fraction of sp³-hybridized carbons (Fsp3) is 0.867. The van der Waals surface area contributed by atoms with Gasteiger partial charge in [-0.15, -0.1) is 0 Å². The Labute approximate surface area is 97.2 Å². The molecular formula is C15H30. The van der Waals surface area contributed by atoms with Gasteiger partial charge >= 0.3 is 0 Å². The topological polar surface area (TPSA) is 0 Å². The minimum atomic E-state index is 0.849. The molecule has 0 nitrogen and oxygen atoms in total. The Morgan fingerprint density at radius 2 is 1.53 bits per heavy atom. The first kappa shape index (κ1) is 14.7. The summed E-state index contributed by atoms with van der Waals surface area (Å²) in [5, 5.41) is 0. The van der Waals surface area contributed by atoms with E-state index < -0.39 is 0 Å². The van der Waals surface area contributed by atoms with Gasteiger partial charge in [-0.05, 0) is 31.6 Å². The number of unbranched alkanes of at least 4 members (excludes halogenated alkanes) is 4. The number of rotatable bonds is 10. The summed E-state index contributed by atoms with van der Waals surface area (Å²) in [5.74, 6) is 0.849. The van der Waals surface area contributed by atoms with Crippen LogP contribution in [0, 0.1) is 5.92 Å². The molecule has 0 spiro atoms. The normalized spacial score (nSPS) is 10.9. The van der Waals surface area contributed by atoms with E-state index in [1.807, 2.05) is 0 Å².